The van der Waals surface area contributed by atoms with Crippen molar-refractivity contribution >= 4 is 0 Å². The third-order valence-corrected chi connectivity index (χ3v) is 2.96. The topological polar surface area (TPSA) is 38.1 Å². The summed E-state index contributed by atoms with van der Waals surface area (Å²) in [7, 11) is 0. The SMILES string of the molecule is CCNC(Cc1ccccn1)c1ccc(CC)o1. The first kappa shape index (κ1) is 12.8. The smallest absolute Gasteiger partial charge is 0.121 e. The number of furan rings is 1. The molecule has 2 aromatic heterocycles. The van der Waals surface area contributed by atoms with E-state index in [9.17, 15) is 0 Å². The average Bonchev–Trinajstić information content (AvgIpc) is 2.88. The van der Waals surface area contributed by atoms with Crippen LogP contribution in [0.4, 0.5) is 0 Å². The molecule has 0 spiro atoms. The highest BCUT2D eigenvalue weighted by atomic mass is 16.3. The number of nitrogens with zero attached hydrogens (tertiary/aromatic N) is 1. The van der Waals surface area contributed by atoms with Gasteiger partial charge in [-0.3, -0.25) is 4.98 Å². The Kier molecular flexibility index (Phi) is 4.53. The predicted molar refractivity (Wildman–Crippen MR) is 72.4 cm³/mol. The first-order chi connectivity index (χ1) is 8.83. The van der Waals surface area contributed by atoms with Gasteiger partial charge in [-0.05, 0) is 30.8 Å². The van der Waals surface area contributed by atoms with Gasteiger partial charge in [0.2, 0.25) is 0 Å². The summed E-state index contributed by atoms with van der Waals surface area (Å²) in [4.78, 5) is 4.37. The lowest BCUT2D eigenvalue weighted by atomic mass is 10.1. The summed E-state index contributed by atoms with van der Waals surface area (Å²) in [5.74, 6) is 2.04. The van der Waals surface area contributed by atoms with Gasteiger partial charge in [0.1, 0.15) is 11.5 Å². The van der Waals surface area contributed by atoms with Crippen LogP contribution in [0.5, 0.6) is 0 Å². The van der Waals surface area contributed by atoms with Crippen molar-refractivity contribution in [3.63, 3.8) is 0 Å². The van der Waals surface area contributed by atoms with Crippen molar-refractivity contribution in [1.82, 2.24) is 10.3 Å². The highest BCUT2D eigenvalue weighted by molar-refractivity contribution is 5.14. The zero-order valence-corrected chi connectivity index (χ0v) is 11.0. The van der Waals surface area contributed by atoms with Gasteiger partial charge in [0, 0.05) is 24.7 Å². The van der Waals surface area contributed by atoms with E-state index >= 15 is 0 Å². The fraction of sp³-hybridized carbons (Fsp3) is 0.400. The molecule has 0 fully saturated rings. The normalized spacial score (nSPS) is 12.6. The maximum absolute atomic E-state index is 5.83. The van der Waals surface area contributed by atoms with Crippen LogP contribution < -0.4 is 5.32 Å². The molecule has 0 radical (unpaired) electrons. The fourth-order valence-electron chi connectivity index (χ4n) is 2.02. The Balaban J connectivity index is 2.12. The lowest BCUT2D eigenvalue weighted by Crippen LogP contribution is -2.22. The van der Waals surface area contributed by atoms with Crippen molar-refractivity contribution in [1.29, 1.82) is 0 Å². The van der Waals surface area contributed by atoms with Crippen molar-refractivity contribution in [3.8, 4) is 0 Å². The van der Waals surface area contributed by atoms with E-state index in [0.29, 0.717) is 0 Å². The molecule has 0 saturated heterocycles. The molecular formula is C15H20N2O. The van der Waals surface area contributed by atoms with Crippen LogP contribution in [0.15, 0.2) is 40.9 Å². The molecule has 18 heavy (non-hydrogen) atoms. The molecule has 0 saturated carbocycles. The largest absolute Gasteiger partial charge is 0.464 e. The Bertz CT molecular complexity index is 464. The molecule has 1 atom stereocenters. The maximum Gasteiger partial charge on any atom is 0.121 e. The van der Waals surface area contributed by atoms with Gasteiger partial charge >= 0.3 is 0 Å². The first-order valence-corrected chi connectivity index (χ1v) is 6.55. The number of aromatic nitrogens is 1. The molecule has 0 aliphatic carbocycles. The molecule has 0 aromatic carbocycles. The maximum atomic E-state index is 5.83. The minimum Gasteiger partial charge on any atom is -0.464 e. The molecule has 0 amide bonds. The predicted octanol–water partition coefficient (Wildman–Crippen LogP) is 3.13. The Morgan fingerprint density at radius 1 is 1.22 bits per heavy atom. The highest BCUT2D eigenvalue weighted by Gasteiger charge is 2.15. The van der Waals surface area contributed by atoms with Gasteiger partial charge in [-0.25, -0.2) is 0 Å². The van der Waals surface area contributed by atoms with E-state index in [0.717, 1.165) is 36.6 Å². The van der Waals surface area contributed by atoms with Crippen LogP contribution >= 0.6 is 0 Å². The Morgan fingerprint density at radius 2 is 2.11 bits per heavy atom. The number of pyridine rings is 1. The first-order valence-electron chi connectivity index (χ1n) is 6.55. The van der Waals surface area contributed by atoms with E-state index in [1.165, 1.54) is 0 Å². The Morgan fingerprint density at radius 3 is 2.72 bits per heavy atom. The molecule has 2 aromatic rings. The monoisotopic (exact) mass is 244 g/mol. The third-order valence-electron chi connectivity index (χ3n) is 2.96. The van der Waals surface area contributed by atoms with Crippen LogP contribution in [0.25, 0.3) is 0 Å². The van der Waals surface area contributed by atoms with Gasteiger partial charge in [-0.1, -0.05) is 19.9 Å². The molecule has 2 rings (SSSR count). The van der Waals surface area contributed by atoms with Gasteiger partial charge < -0.3 is 9.73 Å². The van der Waals surface area contributed by atoms with Crippen LogP contribution in [0.2, 0.25) is 0 Å². The molecule has 3 heteroatoms. The molecule has 2 heterocycles. The minimum atomic E-state index is 0.199. The zero-order chi connectivity index (χ0) is 12.8. The van der Waals surface area contributed by atoms with Crippen molar-refractivity contribution in [2.45, 2.75) is 32.7 Å². The number of hydrogen-bond donors (Lipinski definition) is 1. The molecule has 0 aliphatic rings. The number of rotatable bonds is 6. The number of nitrogens with one attached hydrogen (secondary N) is 1. The lowest BCUT2D eigenvalue weighted by Gasteiger charge is -2.15. The summed E-state index contributed by atoms with van der Waals surface area (Å²) >= 11 is 0. The lowest BCUT2D eigenvalue weighted by molar-refractivity contribution is 0.395. The molecular weight excluding hydrogens is 224 g/mol. The fourth-order valence-corrected chi connectivity index (χ4v) is 2.02. The van der Waals surface area contributed by atoms with Crippen molar-refractivity contribution < 1.29 is 4.42 Å². The molecule has 96 valence electrons. The van der Waals surface area contributed by atoms with Gasteiger partial charge in [0.15, 0.2) is 0 Å². The van der Waals surface area contributed by atoms with Gasteiger partial charge in [-0.15, -0.1) is 0 Å². The Labute approximate surface area is 108 Å². The Hall–Kier alpha value is -1.61. The number of hydrogen-bond acceptors (Lipinski definition) is 3. The summed E-state index contributed by atoms with van der Waals surface area (Å²) in [6.07, 6.45) is 3.62. The van der Waals surface area contributed by atoms with Crippen molar-refractivity contribution in [2.24, 2.45) is 0 Å². The summed E-state index contributed by atoms with van der Waals surface area (Å²) in [6, 6.07) is 10.3. The van der Waals surface area contributed by atoms with E-state index in [1.54, 1.807) is 0 Å². The average molecular weight is 244 g/mol. The summed E-state index contributed by atoms with van der Waals surface area (Å²) in [6.45, 7) is 5.12. The second-order valence-corrected chi connectivity index (χ2v) is 4.29. The quantitative estimate of drug-likeness (QED) is 0.848. The van der Waals surface area contributed by atoms with E-state index < -0.39 is 0 Å². The van der Waals surface area contributed by atoms with Gasteiger partial charge in [0.25, 0.3) is 0 Å². The molecule has 0 aliphatic heterocycles. The van der Waals surface area contributed by atoms with Crippen molar-refractivity contribution in [2.75, 3.05) is 6.54 Å². The molecule has 1 N–H and O–H groups in total. The van der Waals surface area contributed by atoms with Crippen LogP contribution in [0.3, 0.4) is 0 Å². The second kappa shape index (κ2) is 6.36. The molecule has 1 unspecified atom stereocenters. The number of aryl methyl sites for hydroxylation is 1. The summed E-state index contributed by atoms with van der Waals surface area (Å²) in [5, 5.41) is 3.45. The summed E-state index contributed by atoms with van der Waals surface area (Å²) < 4.78 is 5.83. The van der Waals surface area contributed by atoms with Crippen LogP contribution in [0.1, 0.15) is 37.1 Å². The van der Waals surface area contributed by atoms with Gasteiger partial charge in [-0.2, -0.15) is 0 Å². The standard InChI is InChI=1S/C15H20N2O/c1-3-13-8-9-15(18-13)14(16-4-2)11-12-7-5-6-10-17-12/h5-10,14,16H,3-4,11H2,1-2H3. The minimum absolute atomic E-state index is 0.199. The number of likely N-dealkylation sites (N-methyl/N-ethyl adjacent to an activating group) is 1. The summed E-state index contributed by atoms with van der Waals surface area (Å²) in [5.41, 5.74) is 1.08. The zero-order valence-electron chi connectivity index (χ0n) is 11.0. The molecule has 3 nitrogen and oxygen atoms in total. The van der Waals surface area contributed by atoms with Crippen LogP contribution in [-0.2, 0) is 12.8 Å². The van der Waals surface area contributed by atoms with Crippen molar-refractivity contribution in [3.05, 3.63) is 53.7 Å². The van der Waals surface area contributed by atoms with Gasteiger partial charge in [0.05, 0.1) is 6.04 Å². The molecule has 0 bridgehead atoms. The van der Waals surface area contributed by atoms with E-state index in [-0.39, 0.29) is 6.04 Å². The van der Waals surface area contributed by atoms with Crippen LogP contribution in [-0.4, -0.2) is 11.5 Å². The second-order valence-electron chi connectivity index (χ2n) is 4.29. The van der Waals surface area contributed by atoms with E-state index in [1.807, 2.05) is 24.4 Å². The van der Waals surface area contributed by atoms with E-state index in [2.05, 4.69) is 36.3 Å². The third kappa shape index (κ3) is 3.20. The van der Waals surface area contributed by atoms with Crippen LogP contribution in [0, 0.1) is 0 Å². The van der Waals surface area contributed by atoms with E-state index in [4.69, 9.17) is 4.42 Å². The highest BCUT2D eigenvalue weighted by Crippen LogP contribution is 2.20.